The van der Waals surface area contributed by atoms with E-state index in [0.29, 0.717) is 25.7 Å². The molecule has 38 heavy (non-hydrogen) atoms. The molecule has 210 valence electrons. The number of halogens is 6. The van der Waals surface area contributed by atoms with Crippen LogP contribution in [0.4, 0.5) is 26.3 Å². The third kappa shape index (κ3) is 10.5. The van der Waals surface area contributed by atoms with Crippen molar-refractivity contribution in [3.8, 4) is 23.0 Å². The first-order valence-corrected chi connectivity index (χ1v) is 11.9. The van der Waals surface area contributed by atoms with Crippen LogP contribution in [0.2, 0.25) is 0 Å². The van der Waals surface area contributed by atoms with Crippen LogP contribution < -0.4 is 9.47 Å². The van der Waals surface area contributed by atoms with Crippen LogP contribution in [-0.2, 0) is 9.59 Å². The molecule has 0 radical (unpaired) electrons. The fourth-order valence-electron chi connectivity index (χ4n) is 3.64. The van der Waals surface area contributed by atoms with Gasteiger partial charge in [-0.1, -0.05) is 38.5 Å². The minimum atomic E-state index is -4.81. The van der Waals surface area contributed by atoms with Crippen LogP contribution in [0.25, 0.3) is 0 Å². The van der Waals surface area contributed by atoms with Crippen LogP contribution in [0.15, 0.2) is 48.5 Å². The maximum Gasteiger partial charge on any atom is 0.402 e. The number of phenols is 2. The van der Waals surface area contributed by atoms with Crippen LogP contribution in [0.5, 0.6) is 23.0 Å². The molecule has 0 aliphatic carbocycles. The lowest BCUT2D eigenvalue weighted by Gasteiger charge is -2.19. The van der Waals surface area contributed by atoms with Crippen LogP contribution >= 0.6 is 0 Å². The molecule has 0 aliphatic rings. The van der Waals surface area contributed by atoms with Crippen molar-refractivity contribution in [1.29, 1.82) is 0 Å². The second kappa shape index (κ2) is 13.9. The number of unbranched alkanes of at least 4 members (excludes halogenated alkanes) is 5. The van der Waals surface area contributed by atoms with E-state index >= 15 is 0 Å². The van der Waals surface area contributed by atoms with Crippen molar-refractivity contribution < 1.29 is 55.6 Å². The van der Waals surface area contributed by atoms with Crippen LogP contribution in [0, 0.1) is 11.8 Å². The normalized spacial score (nSPS) is 13.5. The molecule has 12 heteroatoms. The van der Waals surface area contributed by atoms with E-state index in [4.69, 9.17) is 9.47 Å². The zero-order valence-electron chi connectivity index (χ0n) is 20.2. The number of phenolic OH excluding ortho intramolecular Hbond substituents is 2. The lowest BCUT2D eigenvalue weighted by Crippen LogP contribution is -2.34. The van der Waals surface area contributed by atoms with E-state index in [9.17, 15) is 46.1 Å². The third-order valence-corrected chi connectivity index (χ3v) is 5.71. The Morgan fingerprint density at radius 1 is 0.579 bits per heavy atom. The van der Waals surface area contributed by atoms with Gasteiger partial charge in [-0.05, 0) is 61.4 Å². The highest BCUT2D eigenvalue weighted by Gasteiger charge is 2.46. The lowest BCUT2D eigenvalue weighted by atomic mass is 9.97. The molecule has 2 atom stereocenters. The number of alkyl halides is 6. The first kappa shape index (κ1) is 30.8. The molecule has 0 saturated heterocycles. The smallest absolute Gasteiger partial charge is 0.402 e. The molecule has 0 spiro atoms. The second-order valence-corrected chi connectivity index (χ2v) is 8.72. The van der Waals surface area contributed by atoms with Gasteiger partial charge in [-0.15, -0.1) is 0 Å². The average Bonchev–Trinajstić information content (AvgIpc) is 2.81. The molecule has 0 amide bonds. The molecule has 2 rings (SSSR count). The molecule has 2 aromatic rings. The molecule has 0 aromatic heterocycles. The zero-order chi connectivity index (χ0) is 28.3. The molecule has 0 fully saturated rings. The van der Waals surface area contributed by atoms with Gasteiger partial charge < -0.3 is 19.7 Å². The molecule has 6 nitrogen and oxygen atoms in total. The van der Waals surface area contributed by atoms with E-state index in [-0.39, 0.29) is 35.8 Å². The summed E-state index contributed by atoms with van der Waals surface area (Å²) in [5.41, 5.74) is 0. The van der Waals surface area contributed by atoms with Gasteiger partial charge in [-0.2, -0.15) is 26.3 Å². The summed E-state index contributed by atoms with van der Waals surface area (Å²) in [6.07, 6.45) is -8.99. The largest absolute Gasteiger partial charge is 0.508 e. The summed E-state index contributed by atoms with van der Waals surface area (Å²) in [6.45, 7) is 0. The number of carbonyl (C=O) groups is 2. The highest BCUT2D eigenvalue weighted by Crippen LogP contribution is 2.34. The monoisotopic (exact) mass is 550 g/mol. The molecular formula is C26H28F6O6. The van der Waals surface area contributed by atoms with E-state index in [1.54, 1.807) is 0 Å². The van der Waals surface area contributed by atoms with Gasteiger partial charge in [0.15, 0.2) is 11.8 Å². The predicted octanol–water partition coefficient (Wildman–Crippen LogP) is 7.09. The quantitative estimate of drug-likeness (QED) is 0.120. The Bertz CT molecular complexity index is 935. The van der Waals surface area contributed by atoms with Gasteiger partial charge in [0, 0.05) is 0 Å². The lowest BCUT2D eigenvalue weighted by molar-refractivity contribution is -0.194. The minimum Gasteiger partial charge on any atom is -0.508 e. The fourth-order valence-corrected chi connectivity index (χ4v) is 3.64. The number of hydrogen-bond acceptors (Lipinski definition) is 6. The standard InChI is InChI=1S/C26H28F6O6/c27-25(28,29)21(23(35)37-19-13-9-17(33)10-14-19)7-5-3-1-2-4-6-8-22(26(30,31)32)24(36)38-20-15-11-18(34)12-16-20/h9-16,21-22,33-34H,1-8H2. The Morgan fingerprint density at radius 2 is 0.868 bits per heavy atom. The van der Waals surface area contributed by atoms with E-state index in [1.807, 2.05) is 0 Å². The Hall–Kier alpha value is -3.44. The summed E-state index contributed by atoms with van der Waals surface area (Å²) >= 11 is 0. The molecule has 2 N–H and O–H groups in total. The Morgan fingerprint density at radius 3 is 1.16 bits per heavy atom. The van der Waals surface area contributed by atoms with Gasteiger partial charge in [0.05, 0.1) is 0 Å². The Labute approximate surface area is 215 Å². The van der Waals surface area contributed by atoms with Crippen LogP contribution in [0.1, 0.15) is 51.4 Å². The third-order valence-electron chi connectivity index (χ3n) is 5.71. The van der Waals surface area contributed by atoms with Gasteiger partial charge in [-0.3, -0.25) is 9.59 Å². The molecule has 0 bridgehead atoms. The Balaban J connectivity index is 1.73. The molecule has 2 aromatic carbocycles. The van der Waals surface area contributed by atoms with Crippen molar-refractivity contribution >= 4 is 11.9 Å². The van der Waals surface area contributed by atoms with E-state index < -0.39 is 49.0 Å². The Kier molecular flexibility index (Phi) is 11.3. The van der Waals surface area contributed by atoms with E-state index in [1.165, 1.54) is 24.3 Å². The van der Waals surface area contributed by atoms with E-state index in [0.717, 1.165) is 24.3 Å². The summed E-state index contributed by atoms with van der Waals surface area (Å²) in [7, 11) is 0. The summed E-state index contributed by atoms with van der Waals surface area (Å²) in [5, 5.41) is 18.4. The topological polar surface area (TPSA) is 93.1 Å². The number of ether oxygens (including phenoxy) is 2. The van der Waals surface area contributed by atoms with Crippen molar-refractivity contribution in [2.45, 2.75) is 63.7 Å². The molecule has 0 aliphatic heterocycles. The van der Waals surface area contributed by atoms with Crippen molar-refractivity contribution in [3.63, 3.8) is 0 Å². The second-order valence-electron chi connectivity index (χ2n) is 8.72. The van der Waals surface area contributed by atoms with Crippen molar-refractivity contribution in [3.05, 3.63) is 48.5 Å². The summed E-state index contributed by atoms with van der Waals surface area (Å²) in [4.78, 5) is 24.1. The average molecular weight is 550 g/mol. The number of carbonyl (C=O) groups excluding carboxylic acids is 2. The molecule has 2 unspecified atom stereocenters. The zero-order valence-corrected chi connectivity index (χ0v) is 20.2. The van der Waals surface area contributed by atoms with Gasteiger partial charge in [0.25, 0.3) is 0 Å². The number of benzene rings is 2. The van der Waals surface area contributed by atoms with Gasteiger partial charge in [0.2, 0.25) is 0 Å². The van der Waals surface area contributed by atoms with Crippen LogP contribution in [-0.4, -0.2) is 34.5 Å². The SMILES string of the molecule is O=C(Oc1ccc(O)cc1)C(CCCCCCCCC(C(=O)Oc1ccc(O)cc1)C(F)(F)F)C(F)(F)F. The number of esters is 2. The highest BCUT2D eigenvalue weighted by atomic mass is 19.4. The first-order chi connectivity index (χ1) is 17.8. The van der Waals surface area contributed by atoms with Gasteiger partial charge in [0.1, 0.15) is 23.0 Å². The maximum absolute atomic E-state index is 13.3. The van der Waals surface area contributed by atoms with Gasteiger partial charge in [-0.25, -0.2) is 0 Å². The number of hydrogen-bond donors (Lipinski definition) is 2. The van der Waals surface area contributed by atoms with Crippen molar-refractivity contribution in [2.75, 3.05) is 0 Å². The maximum atomic E-state index is 13.3. The minimum absolute atomic E-state index is 0.0546. The van der Waals surface area contributed by atoms with E-state index in [2.05, 4.69) is 0 Å². The molecule has 0 heterocycles. The fraction of sp³-hybridized carbons (Fsp3) is 0.462. The number of rotatable bonds is 13. The number of aromatic hydroxyl groups is 2. The first-order valence-electron chi connectivity index (χ1n) is 11.9. The summed E-state index contributed by atoms with van der Waals surface area (Å²) in [6, 6.07) is 9.32. The predicted molar refractivity (Wildman–Crippen MR) is 124 cm³/mol. The highest BCUT2D eigenvalue weighted by molar-refractivity contribution is 5.76. The summed E-state index contributed by atoms with van der Waals surface area (Å²) in [5.74, 6) is -8.12. The summed E-state index contributed by atoms with van der Waals surface area (Å²) < 4.78 is 89.5. The van der Waals surface area contributed by atoms with Crippen molar-refractivity contribution in [2.24, 2.45) is 11.8 Å². The van der Waals surface area contributed by atoms with Gasteiger partial charge >= 0.3 is 24.3 Å². The molecule has 0 saturated carbocycles. The molecular weight excluding hydrogens is 522 g/mol. The van der Waals surface area contributed by atoms with Crippen LogP contribution in [0.3, 0.4) is 0 Å². The van der Waals surface area contributed by atoms with Crippen molar-refractivity contribution in [1.82, 2.24) is 0 Å².